The molecule has 0 amide bonds. The molecule has 1 aliphatic heterocycles. The number of hydrogen-bond acceptors (Lipinski definition) is 2. The van der Waals surface area contributed by atoms with Crippen LogP contribution < -0.4 is 4.57 Å². The van der Waals surface area contributed by atoms with Gasteiger partial charge in [0, 0.05) is 31.7 Å². The minimum atomic E-state index is -0.669. The molecule has 7 rings (SSSR count). The first-order chi connectivity index (χ1) is 22.3. The molecule has 2 saturated carbocycles. The molecule has 0 saturated heterocycles. The number of hydrogen-bond donors (Lipinski definition) is 1. The molecule has 3 aliphatic rings. The van der Waals surface area contributed by atoms with E-state index in [4.69, 9.17) is 11.3 Å². The lowest BCUT2D eigenvalue weighted by Crippen LogP contribution is -2.70. The number of ether oxygens (including phenoxy) is 1. The van der Waals surface area contributed by atoms with Crippen LogP contribution >= 0.6 is 0 Å². The van der Waals surface area contributed by atoms with E-state index in [0.29, 0.717) is 17.9 Å². The molecule has 2 atom stereocenters. The minimum Gasteiger partial charge on any atom is -0.395 e. The summed E-state index contributed by atoms with van der Waals surface area (Å²) in [6.45, 7) is 21.2. The lowest BCUT2D eigenvalue weighted by molar-refractivity contribution is -0.732. The molecule has 2 heterocycles. The highest BCUT2D eigenvalue weighted by molar-refractivity contribution is 5.97. The van der Waals surface area contributed by atoms with E-state index >= 15 is 0 Å². The molecular formula is C44H56NO2+. The summed E-state index contributed by atoms with van der Waals surface area (Å²) in [6, 6.07) is 18.7. The van der Waals surface area contributed by atoms with E-state index in [1.165, 1.54) is 112 Å². The van der Waals surface area contributed by atoms with Crippen LogP contribution in [0.5, 0.6) is 0 Å². The summed E-state index contributed by atoms with van der Waals surface area (Å²) >= 11 is 0. The van der Waals surface area contributed by atoms with Gasteiger partial charge in [-0.15, -0.1) is 0 Å². The zero-order valence-electron chi connectivity index (χ0n) is 30.3. The Morgan fingerprint density at radius 3 is 2.23 bits per heavy atom. The van der Waals surface area contributed by atoms with Gasteiger partial charge in [-0.1, -0.05) is 70.5 Å². The smallest absolute Gasteiger partial charge is 0.214 e. The van der Waals surface area contributed by atoms with Gasteiger partial charge in [0.05, 0.1) is 29.6 Å². The summed E-state index contributed by atoms with van der Waals surface area (Å²) in [5, 5.41) is 15.6. The normalized spacial score (nSPS) is 24.2. The molecule has 2 aliphatic carbocycles. The number of nitrogens with zero attached hydrogens (tertiary/aromatic N) is 1. The largest absolute Gasteiger partial charge is 0.395 e. The summed E-state index contributed by atoms with van der Waals surface area (Å²) < 4.78 is 8.42. The number of aryl methyl sites for hydroxylation is 2. The Morgan fingerprint density at radius 1 is 0.957 bits per heavy atom. The maximum absolute atomic E-state index is 11.7. The van der Waals surface area contributed by atoms with Crippen molar-refractivity contribution < 1.29 is 14.4 Å². The van der Waals surface area contributed by atoms with E-state index in [-0.39, 0.29) is 12.0 Å². The Hall–Kier alpha value is -3.01. The van der Waals surface area contributed by atoms with Crippen LogP contribution in [0, 0.1) is 19.3 Å². The monoisotopic (exact) mass is 630 g/mol. The molecule has 3 heteroatoms. The van der Waals surface area contributed by atoms with Gasteiger partial charge in [0.1, 0.15) is 0 Å². The predicted octanol–water partition coefficient (Wildman–Crippen LogP) is 10.3. The van der Waals surface area contributed by atoms with Gasteiger partial charge < -0.3 is 9.84 Å². The highest BCUT2D eigenvalue weighted by atomic mass is 16.5. The zero-order chi connectivity index (χ0) is 33.5. The molecule has 2 fully saturated rings. The van der Waals surface area contributed by atoms with Crippen LogP contribution in [-0.4, -0.2) is 25.4 Å². The number of benzene rings is 3. The Morgan fingerprint density at radius 2 is 1.62 bits per heavy atom. The number of aromatic nitrogens is 1. The number of rotatable bonds is 5. The van der Waals surface area contributed by atoms with Gasteiger partial charge in [-0.05, 0) is 121 Å². The first-order valence-electron chi connectivity index (χ1n) is 18.2. The van der Waals surface area contributed by atoms with E-state index < -0.39 is 11.0 Å². The van der Waals surface area contributed by atoms with Crippen LogP contribution in [-0.2, 0) is 21.1 Å². The van der Waals surface area contributed by atoms with Gasteiger partial charge in [-0.25, -0.2) is 0 Å². The number of aliphatic hydroxyl groups excluding tert-OH is 1. The van der Waals surface area contributed by atoms with Crippen LogP contribution in [0.3, 0.4) is 0 Å². The van der Waals surface area contributed by atoms with E-state index in [1.807, 2.05) is 0 Å². The quantitative estimate of drug-likeness (QED) is 0.176. The van der Waals surface area contributed by atoms with Crippen LogP contribution in [0.15, 0.2) is 60.7 Å². The fraction of sp³-hybridized carbons (Fsp3) is 0.523. The van der Waals surface area contributed by atoms with Gasteiger partial charge in [0.15, 0.2) is 0 Å². The van der Waals surface area contributed by atoms with Gasteiger partial charge in [0.2, 0.25) is 16.7 Å². The Kier molecular flexibility index (Phi) is 7.80. The second kappa shape index (κ2) is 11.3. The van der Waals surface area contributed by atoms with Crippen molar-refractivity contribution in [1.29, 1.82) is 0 Å². The lowest BCUT2D eigenvalue weighted by atomic mass is 9.59. The molecule has 2 unspecified atom stereocenters. The third kappa shape index (κ3) is 4.70. The van der Waals surface area contributed by atoms with Crippen LogP contribution in [0.25, 0.3) is 32.9 Å². The van der Waals surface area contributed by atoms with Gasteiger partial charge in [-0.2, -0.15) is 4.57 Å². The molecule has 47 heavy (non-hydrogen) atoms. The number of pyridine rings is 1. The maximum atomic E-state index is 11.7. The van der Waals surface area contributed by atoms with Crippen molar-refractivity contribution in [3.8, 4) is 11.3 Å². The third-order valence-corrected chi connectivity index (χ3v) is 13.2. The van der Waals surface area contributed by atoms with Crippen molar-refractivity contribution >= 4 is 21.7 Å². The average molecular weight is 631 g/mol. The average Bonchev–Trinajstić information content (AvgIpc) is 3.49. The first-order valence-corrected chi connectivity index (χ1v) is 18.2. The molecule has 0 radical (unpaired) electrons. The topological polar surface area (TPSA) is 33.3 Å². The fourth-order valence-electron chi connectivity index (χ4n) is 10.5. The molecule has 0 bridgehead atoms. The highest BCUT2D eigenvalue weighted by Crippen LogP contribution is 2.56. The van der Waals surface area contributed by atoms with Crippen molar-refractivity contribution in [3.63, 3.8) is 0 Å². The zero-order valence-corrected chi connectivity index (χ0v) is 30.3. The minimum absolute atomic E-state index is 0.0106. The lowest BCUT2D eigenvalue weighted by Gasteiger charge is -2.48. The van der Waals surface area contributed by atoms with Crippen molar-refractivity contribution in [2.24, 2.45) is 5.41 Å². The molecule has 3 nitrogen and oxygen atoms in total. The van der Waals surface area contributed by atoms with Gasteiger partial charge >= 0.3 is 0 Å². The highest BCUT2D eigenvalue weighted by Gasteiger charge is 2.61. The summed E-state index contributed by atoms with van der Waals surface area (Å²) in [6.07, 6.45) is 10.9. The Balaban J connectivity index is 1.63. The van der Waals surface area contributed by atoms with E-state index in [1.54, 1.807) is 7.11 Å². The van der Waals surface area contributed by atoms with E-state index in [9.17, 15) is 5.11 Å². The summed E-state index contributed by atoms with van der Waals surface area (Å²) in [5.41, 5.74) is 10.6. The molecule has 248 valence electrons. The number of fused-ring (bicyclic) bond motifs is 7. The van der Waals surface area contributed by atoms with Gasteiger partial charge in [0.25, 0.3) is 0 Å². The molecule has 1 aromatic heterocycles. The van der Waals surface area contributed by atoms with Crippen molar-refractivity contribution in [3.05, 3.63) is 88.5 Å². The standard InChI is InChI=1S/C44H56NO2/c1-28-22-29(2)39-34(31-16-20-44(21-17-31)18-12-13-19-44)25-37-35-24-36(41(4,5)6)32-14-10-11-15-33(32)40(35)42(7,27-46)43(8,30(3)26-47-9)45(37)38(39)23-28/h10-11,14-15,22-25,31,46H,3,12-13,16-21,26-27H2,1-2,4-9H3/q+1. The fourth-order valence-corrected chi connectivity index (χ4v) is 10.5. The van der Waals surface area contributed by atoms with Crippen molar-refractivity contribution in [1.82, 2.24) is 0 Å². The molecule has 1 spiro atoms. The van der Waals surface area contributed by atoms with E-state index in [2.05, 4.69) is 102 Å². The molecule has 3 aromatic carbocycles. The van der Waals surface area contributed by atoms with Crippen molar-refractivity contribution in [2.75, 3.05) is 20.3 Å². The van der Waals surface area contributed by atoms with E-state index in [0.717, 1.165) is 5.57 Å². The molecular weight excluding hydrogens is 574 g/mol. The first kappa shape index (κ1) is 32.5. The summed E-state index contributed by atoms with van der Waals surface area (Å²) in [7, 11) is 1.76. The SMILES string of the molecule is C=C(COC)C1(C)[n+]2c(cc(C3CCC4(CCCC4)CC3)c3c(C)cc(C)cc32)-c2cc(C(C)(C)C)c3ccccc3c2C1(C)CO. The van der Waals surface area contributed by atoms with Crippen LogP contribution in [0.1, 0.15) is 120 Å². The van der Waals surface area contributed by atoms with Crippen molar-refractivity contribution in [2.45, 2.75) is 122 Å². The van der Waals surface area contributed by atoms with Crippen LogP contribution in [0.2, 0.25) is 0 Å². The number of aliphatic hydroxyl groups is 1. The summed E-state index contributed by atoms with van der Waals surface area (Å²) in [4.78, 5) is 0. The molecule has 1 N–H and O–H groups in total. The van der Waals surface area contributed by atoms with Gasteiger partial charge in [-0.3, -0.25) is 0 Å². The predicted molar refractivity (Wildman–Crippen MR) is 196 cm³/mol. The Bertz CT molecular complexity index is 1890. The number of methoxy groups -OCH3 is 1. The van der Waals surface area contributed by atoms with Crippen LogP contribution in [0.4, 0.5) is 0 Å². The second-order valence-corrected chi connectivity index (χ2v) is 17.0. The summed E-state index contributed by atoms with van der Waals surface area (Å²) in [5.74, 6) is 0.543. The maximum Gasteiger partial charge on any atom is 0.214 e. The molecule has 4 aromatic rings. The second-order valence-electron chi connectivity index (χ2n) is 17.0. The third-order valence-electron chi connectivity index (χ3n) is 13.2. The Labute approximate surface area is 283 Å².